The normalized spacial score (nSPS) is 16.4. The zero-order chi connectivity index (χ0) is 22.5. The predicted octanol–water partition coefficient (Wildman–Crippen LogP) is 5.51. The molecule has 0 radical (unpaired) electrons. The second kappa shape index (κ2) is 10.1. The second-order valence-corrected chi connectivity index (χ2v) is 9.16. The molecule has 0 saturated carbocycles. The number of nitrogens with one attached hydrogen (secondary N) is 1. The van der Waals surface area contributed by atoms with Gasteiger partial charge in [-0.25, -0.2) is 0 Å². The smallest absolute Gasteiger partial charge is 0.117 e. The van der Waals surface area contributed by atoms with Crippen LogP contribution in [0.4, 0.5) is 11.4 Å². The van der Waals surface area contributed by atoms with Crippen molar-refractivity contribution in [1.82, 2.24) is 14.8 Å². The van der Waals surface area contributed by atoms with Gasteiger partial charge >= 0.3 is 0 Å². The van der Waals surface area contributed by atoms with E-state index in [9.17, 15) is 5.11 Å². The van der Waals surface area contributed by atoms with Crippen molar-refractivity contribution >= 4 is 38.5 Å². The van der Waals surface area contributed by atoms with Crippen LogP contribution in [-0.4, -0.2) is 59.7 Å². The van der Waals surface area contributed by atoms with E-state index in [-0.39, 0.29) is 5.75 Å². The molecule has 0 bridgehead atoms. The molecule has 1 aliphatic heterocycles. The summed E-state index contributed by atoms with van der Waals surface area (Å²) in [6, 6.07) is 11.3. The highest BCUT2D eigenvalue weighted by Gasteiger charge is 2.15. The molecular weight excluding hydrogens is 416 g/mol. The molecule has 2 aromatic heterocycles. The predicted molar refractivity (Wildman–Crippen MR) is 137 cm³/mol. The van der Waals surface area contributed by atoms with Crippen LogP contribution in [0.15, 0.2) is 73.0 Å². The summed E-state index contributed by atoms with van der Waals surface area (Å²) < 4.78 is 1.10. The Hall–Kier alpha value is -2.93. The third-order valence-corrected chi connectivity index (χ3v) is 6.94. The summed E-state index contributed by atoms with van der Waals surface area (Å²) in [4.78, 5) is 10.6. The number of nitrogens with zero attached hydrogens (tertiary/aromatic N) is 3. The molecular formula is C26H30N4OS. The van der Waals surface area contributed by atoms with E-state index in [1.807, 2.05) is 30.5 Å². The lowest BCUT2D eigenvalue weighted by Gasteiger charge is -2.32. The first-order chi connectivity index (χ1) is 15.6. The molecule has 6 heteroatoms. The Morgan fingerprint density at radius 2 is 2.03 bits per heavy atom. The van der Waals surface area contributed by atoms with Crippen molar-refractivity contribution in [1.29, 1.82) is 0 Å². The van der Waals surface area contributed by atoms with Gasteiger partial charge in [-0.15, -0.1) is 11.3 Å². The van der Waals surface area contributed by atoms with Gasteiger partial charge < -0.3 is 15.3 Å². The first-order valence-electron chi connectivity index (χ1n) is 10.9. The highest BCUT2D eigenvalue weighted by Crippen LogP contribution is 2.36. The fourth-order valence-corrected chi connectivity index (χ4v) is 4.98. The molecule has 0 atom stereocenters. The number of benzene rings is 1. The number of pyridine rings is 1. The van der Waals surface area contributed by atoms with Gasteiger partial charge in [-0.3, -0.25) is 9.88 Å². The summed E-state index contributed by atoms with van der Waals surface area (Å²) >= 11 is 1.72. The minimum Gasteiger partial charge on any atom is -0.508 e. The number of aromatic hydroxyl groups is 1. The molecule has 0 aliphatic carbocycles. The van der Waals surface area contributed by atoms with Crippen molar-refractivity contribution < 1.29 is 5.11 Å². The zero-order valence-corrected chi connectivity index (χ0v) is 19.5. The molecule has 2 N–H and O–H groups in total. The van der Waals surface area contributed by atoms with Crippen LogP contribution in [0.25, 0.3) is 15.8 Å². The van der Waals surface area contributed by atoms with Crippen LogP contribution in [0.3, 0.4) is 0 Å². The third-order valence-electron chi connectivity index (χ3n) is 5.74. The molecule has 0 amide bonds. The number of hydrogen-bond donors (Lipinski definition) is 2. The number of anilines is 2. The van der Waals surface area contributed by atoms with Crippen LogP contribution >= 0.6 is 11.3 Å². The number of thiophene rings is 1. The number of fused-ring (bicyclic) bond motifs is 1. The summed E-state index contributed by atoms with van der Waals surface area (Å²) in [5.41, 5.74) is 5.20. The first-order valence-corrected chi connectivity index (χ1v) is 11.7. The van der Waals surface area contributed by atoms with Gasteiger partial charge in [0.25, 0.3) is 0 Å². The Kier molecular flexibility index (Phi) is 7.05. The Balaban J connectivity index is 1.58. The van der Waals surface area contributed by atoms with E-state index in [1.165, 1.54) is 16.0 Å². The maximum Gasteiger partial charge on any atom is 0.117 e. The van der Waals surface area contributed by atoms with Crippen LogP contribution in [0.1, 0.15) is 11.8 Å². The Morgan fingerprint density at radius 3 is 2.75 bits per heavy atom. The van der Waals surface area contributed by atoms with Crippen LogP contribution in [-0.2, 0) is 0 Å². The van der Waals surface area contributed by atoms with Gasteiger partial charge in [-0.05, 0) is 55.5 Å². The van der Waals surface area contributed by atoms with Gasteiger partial charge in [-0.2, -0.15) is 0 Å². The highest BCUT2D eigenvalue weighted by molar-refractivity contribution is 7.20. The summed E-state index contributed by atoms with van der Waals surface area (Å²) in [5.74, 6) is 0.241. The zero-order valence-electron chi connectivity index (χ0n) is 18.7. The summed E-state index contributed by atoms with van der Waals surface area (Å²) in [7, 11) is 2.18. The van der Waals surface area contributed by atoms with Crippen molar-refractivity contribution in [2.24, 2.45) is 0 Å². The van der Waals surface area contributed by atoms with E-state index < -0.39 is 0 Å². The Morgan fingerprint density at radius 1 is 1.22 bits per heavy atom. The number of piperazine rings is 1. The average Bonchev–Trinajstić information content (AvgIpc) is 3.23. The van der Waals surface area contributed by atoms with Crippen LogP contribution < -0.4 is 5.32 Å². The first kappa shape index (κ1) is 22.3. The fraction of sp³-hybridized carbons (Fsp3) is 0.269. The molecule has 166 valence electrons. The fourth-order valence-electron chi connectivity index (χ4n) is 3.85. The number of phenolic OH excluding ortho intramolecular Hbond substituents is 1. The quantitative estimate of drug-likeness (QED) is 0.469. The largest absolute Gasteiger partial charge is 0.508 e. The van der Waals surface area contributed by atoms with Gasteiger partial charge in [0.1, 0.15) is 5.75 Å². The van der Waals surface area contributed by atoms with E-state index in [0.717, 1.165) is 54.3 Å². The minimum atomic E-state index is 0.241. The van der Waals surface area contributed by atoms with Gasteiger partial charge in [0.2, 0.25) is 0 Å². The molecule has 3 heterocycles. The molecule has 1 aromatic carbocycles. The maximum absolute atomic E-state index is 9.77. The second-order valence-electron chi connectivity index (χ2n) is 8.11. The van der Waals surface area contributed by atoms with Crippen molar-refractivity contribution in [3.8, 4) is 5.75 Å². The number of likely N-dealkylation sites (N-methyl/N-ethyl adjacent to an activating group) is 1. The molecule has 3 aromatic rings. The van der Waals surface area contributed by atoms with Gasteiger partial charge in [0.15, 0.2) is 0 Å². The van der Waals surface area contributed by atoms with Crippen LogP contribution in [0, 0.1) is 0 Å². The Labute approximate surface area is 194 Å². The van der Waals surface area contributed by atoms with Gasteiger partial charge in [0.05, 0.1) is 15.9 Å². The van der Waals surface area contributed by atoms with Crippen molar-refractivity contribution in [3.05, 3.63) is 77.9 Å². The molecule has 1 fully saturated rings. The number of rotatable bonds is 7. The minimum absolute atomic E-state index is 0.241. The molecule has 0 unspecified atom stereocenters. The summed E-state index contributed by atoms with van der Waals surface area (Å²) in [5, 5.41) is 13.2. The summed E-state index contributed by atoms with van der Waals surface area (Å²) in [6.07, 6.45) is 8.19. The van der Waals surface area contributed by atoms with Crippen LogP contribution in [0.2, 0.25) is 0 Å². The van der Waals surface area contributed by atoms with Crippen molar-refractivity contribution in [3.63, 3.8) is 0 Å². The highest BCUT2D eigenvalue weighted by atomic mass is 32.1. The number of aromatic nitrogens is 1. The van der Waals surface area contributed by atoms with Crippen molar-refractivity contribution in [2.75, 3.05) is 45.1 Å². The van der Waals surface area contributed by atoms with E-state index in [0.29, 0.717) is 0 Å². The molecule has 4 rings (SSSR count). The average molecular weight is 447 g/mol. The molecule has 1 aliphatic rings. The SMILES string of the molecule is C=C/C(=C\C(=C/C)c1cc2nccc(Nc3cccc(O)c3)c2s1)CN1CCN(C)CC1. The van der Waals surface area contributed by atoms with E-state index in [4.69, 9.17) is 0 Å². The maximum atomic E-state index is 9.77. The number of allylic oxidation sites excluding steroid dienone is 3. The monoisotopic (exact) mass is 446 g/mol. The van der Waals surface area contributed by atoms with Crippen LogP contribution in [0.5, 0.6) is 5.75 Å². The number of phenols is 1. The summed E-state index contributed by atoms with van der Waals surface area (Å²) in [6.45, 7) is 11.4. The van der Waals surface area contributed by atoms with E-state index >= 15 is 0 Å². The standard InChI is InChI=1S/C26H30N4OS/c1-4-19(18-30-13-11-29(3)12-14-30)15-20(5-2)25-17-24-26(32-25)23(9-10-27-24)28-21-7-6-8-22(31)16-21/h4-10,15-17,31H,1,11-14,18H2,2-3H3,(H,27,28)/b19-15+,20-5+. The third kappa shape index (κ3) is 5.27. The van der Waals surface area contributed by atoms with Gasteiger partial charge in [0, 0.05) is 55.6 Å². The molecule has 32 heavy (non-hydrogen) atoms. The molecule has 1 saturated heterocycles. The lowest BCUT2D eigenvalue weighted by molar-refractivity contribution is 0.165. The van der Waals surface area contributed by atoms with Crippen molar-refractivity contribution in [2.45, 2.75) is 6.92 Å². The molecule has 0 spiro atoms. The van der Waals surface area contributed by atoms with Gasteiger partial charge in [-0.1, -0.05) is 24.8 Å². The van der Waals surface area contributed by atoms with E-state index in [2.05, 4.69) is 58.9 Å². The van der Waals surface area contributed by atoms with E-state index in [1.54, 1.807) is 23.5 Å². The molecule has 5 nitrogen and oxygen atoms in total. The number of hydrogen-bond acceptors (Lipinski definition) is 6. The Bertz CT molecular complexity index is 1160. The topological polar surface area (TPSA) is 51.6 Å². The lowest BCUT2D eigenvalue weighted by Crippen LogP contribution is -2.44. The lowest BCUT2D eigenvalue weighted by atomic mass is 10.1.